The Labute approximate surface area is 109 Å². The zero-order valence-electron chi connectivity index (χ0n) is 11.3. The summed E-state index contributed by atoms with van der Waals surface area (Å²) in [6.07, 6.45) is 0.855. The van der Waals surface area contributed by atoms with Crippen molar-refractivity contribution in [2.75, 3.05) is 0 Å². The molecule has 0 radical (unpaired) electrons. The summed E-state index contributed by atoms with van der Waals surface area (Å²) >= 11 is 0. The summed E-state index contributed by atoms with van der Waals surface area (Å²) in [6.45, 7) is 4.19. The molecule has 2 aromatic rings. The maximum atomic E-state index is 6.32. The average molecular weight is 243 g/mol. The second-order valence-corrected chi connectivity index (χ2v) is 4.97. The minimum absolute atomic E-state index is 0.113. The van der Waals surface area contributed by atoms with Crippen molar-refractivity contribution in [3.05, 3.63) is 53.3 Å². The van der Waals surface area contributed by atoms with Gasteiger partial charge in [0.05, 0.1) is 5.69 Å². The van der Waals surface area contributed by atoms with E-state index in [1.165, 1.54) is 11.3 Å². The zero-order valence-corrected chi connectivity index (χ0v) is 11.3. The van der Waals surface area contributed by atoms with Crippen LogP contribution in [0.3, 0.4) is 0 Å². The lowest BCUT2D eigenvalue weighted by Gasteiger charge is -2.20. The number of aromatic nitrogens is 2. The Bertz CT molecular complexity index is 502. The quantitative estimate of drug-likeness (QED) is 0.896. The molecule has 2 unspecified atom stereocenters. The molecule has 0 aliphatic heterocycles. The van der Waals surface area contributed by atoms with Gasteiger partial charge in [-0.1, -0.05) is 37.3 Å². The fourth-order valence-corrected chi connectivity index (χ4v) is 2.28. The summed E-state index contributed by atoms with van der Waals surface area (Å²) < 4.78 is 1.92. The van der Waals surface area contributed by atoms with Crippen LogP contribution in [0.4, 0.5) is 0 Å². The van der Waals surface area contributed by atoms with E-state index < -0.39 is 0 Å². The second kappa shape index (κ2) is 5.36. The van der Waals surface area contributed by atoms with Crippen LogP contribution in [0.25, 0.3) is 0 Å². The molecule has 96 valence electrons. The van der Waals surface area contributed by atoms with Crippen molar-refractivity contribution in [3.63, 3.8) is 0 Å². The van der Waals surface area contributed by atoms with Crippen LogP contribution in [0.2, 0.25) is 0 Å². The van der Waals surface area contributed by atoms with Crippen LogP contribution in [0.5, 0.6) is 0 Å². The molecule has 0 saturated carbocycles. The Balaban J connectivity index is 2.08. The smallest absolute Gasteiger partial charge is 0.0596 e. The highest BCUT2D eigenvalue weighted by Crippen LogP contribution is 2.20. The first-order chi connectivity index (χ1) is 8.58. The van der Waals surface area contributed by atoms with Gasteiger partial charge in [0, 0.05) is 25.2 Å². The molecule has 1 heterocycles. The summed E-state index contributed by atoms with van der Waals surface area (Å²) in [5.41, 5.74) is 9.86. The summed E-state index contributed by atoms with van der Waals surface area (Å²) in [4.78, 5) is 0. The number of aryl methyl sites for hydroxylation is 2. The van der Waals surface area contributed by atoms with Crippen LogP contribution in [0.15, 0.2) is 36.4 Å². The topological polar surface area (TPSA) is 43.8 Å². The van der Waals surface area contributed by atoms with Crippen molar-refractivity contribution >= 4 is 0 Å². The normalized spacial score (nSPS) is 14.4. The lowest BCUT2D eigenvalue weighted by atomic mass is 9.91. The Kier molecular flexibility index (Phi) is 3.82. The molecular formula is C15H21N3. The van der Waals surface area contributed by atoms with Crippen molar-refractivity contribution in [1.29, 1.82) is 0 Å². The van der Waals surface area contributed by atoms with Gasteiger partial charge in [-0.25, -0.2) is 0 Å². The Morgan fingerprint density at radius 2 is 1.94 bits per heavy atom. The summed E-state index contributed by atoms with van der Waals surface area (Å²) in [5, 5.41) is 4.36. The molecule has 3 nitrogen and oxygen atoms in total. The van der Waals surface area contributed by atoms with E-state index in [2.05, 4.69) is 42.4 Å². The third kappa shape index (κ3) is 2.79. The molecule has 18 heavy (non-hydrogen) atoms. The molecule has 0 spiro atoms. The van der Waals surface area contributed by atoms with E-state index in [0.717, 1.165) is 12.1 Å². The fourth-order valence-electron chi connectivity index (χ4n) is 2.28. The number of nitrogens with zero attached hydrogens (tertiary/aromatic N) is 2. The van der Waals surface area contributed by atoms with Gasteiger partial charge < -0.3 is 5.73 Å². The number of rotatable bonds is 4. The predicted octanol–water partition coefficient (Wildman–Crippen LogP) is 2.40. The largest absolute Gasteiger partial charge is 0.327 e. The van der Waals surface area contributed by atoms with Gasteiger partial charge in [0.15, 0.2) is 0 Å². The highest BCUT2D eigenvalue weighted by Gasteiger charge is 2.16. The molecule has 0 bridgehead atoms. The van der Waals surface area contributed by atoms with E-state index in [9.17, 15) is 0 Å². The van der Waals surface area contributed by atoms with Gasteiger partial charge in [-0.3, -0.25) is 4.68 Å². The van der Waals surface area contributed by atoms with Crippen molar-refractivity contribution in [1.82, 2.24) is 9.78 Å². The molecule has 0 fully saturated rings. The third-order valence-electron chi connectivity index (χ3n) is 3.51. The summed E-state index contributed by atoms with van der Waals surface area (Å²) in [6, 6.07) is 12.7. The molecule has 0 amide bonds. The van der Waals surface area contributed by atoms with Gasteiger partial charge in [0.2, 0.25) is 0 Å². The number of nitrogens with two attached hydrogens (primary N) is 1. The number of benzene rings is 1. The van der Waals surface area contributed by atoms with Crippen LogP contribution in [-0.2, 0) is 13.5 Å². The highest BCUT2D eigenvalue weighted by molar-refractivity contribution is 5.21. The minimum Gasteiger partial charge on any atom is -0.327 e. The minimum atomic E-state index is 0.113. The number of hydrogen-bond donors (Lipinski definition) is 1. The molecule has 0 aliphatic rings. The van der Waals surface area contributed by atoms with Gasteiger partial charge in [0.1, 0.15) is 0 Å². The van der Waals surface area contributed by atoms with Crippen LogP contribution >= 0.6 is 0 Å². The van der Waals surface area contributed by atoms with Crippen LogP contribution in [-0.4, -0.2) is 15.8 Å². The molecule has 2 N–H and O–H groups in total. The van der Waals surface area contributed by atoms with Gasteiger partial charge in [-0.15, -0.1) is 0 Å². The van der Waals surface area contributed by atoms with E-state index in [0.29, 0.717) is 5.92 Å². The Hall–Kier alpha value is -1.61. The highest BCUT2D eigenvalue weighted by atomic mass is 15.3. The maximum absolute atomic E-state index is 6.32. The second-order valence-electron chi connectivity index (χ2n) is 4.97. The molecule has 0 saturated heterocycles. The van der Waals surface area contributed by atoms with E-state index in [4.69, 9.17) is 5.73 Å². The summed E-state index contributed by atoms with van der Waals surface area (Å²) in [5.74, 6) is 0.349. The van der Waals surface area contributed by atoms with Crippen molar-refractivity contribution in [3.8, 4) is 0 Å². The van der Waals surface area contributed by atoms with E-state index in [1.807, 2.05) is 24.7 Å². The third-order valence-corrected chi connectivity index (χ3v) is 3.51. The summed E-state index contributed by atoms with van der Waals surface area (Å²) in [7, 11) is 1.97. The lowest BCUT2D eigenvalue weighted by molar-refractivity contribution is 0.541. The van der Waals surface area contributed by atoms with Gasteiger partial charge in [0.25, 0.3) is 0 Å². The Morgan fingerprint density at radius 3 is 2.50 bits per heavy atom. The van der Waals surface area contributed by atoms with Crippen LogP contribution in [0.1, 0.15) is 29.8 Å². The van der Waals surface area contributed by atoms with Crippen LogP contribution in [0, 0.1) is 6.92 Å². The Morgan fingerprint density at radius 1 is 1.28 bits per heavy atom. The first-order valence-electron chi connectivity index (χ1n) is 6.38. The standard InChI is InChI=1S/C15H21N3/c1-11-9-14(18(3)17-11)10-15(16)12(2)13-7-5-4-6-8-13/h4-9,12,15H,10,16H2,1-3H3. The maximum Gasteiger partial charge on any atom is 0.0596 e. The first kappa shape index (κ1) is 12.8. The lowest BCUT2D eigenvalue weighted by Crippen LogP contribution is -2.30. The van der Waals surface area contributed by atoms with Crippen molar-refractivity contribution < 1.29 is 0 Å². The molecular weight excluding hydrogens is 222 g/mol. The van der Waals surface area contributed by atoms with Gasteiger partial charge in [-0.05, 0) is 24.5 Å². The average Bonchev–Trinajstić information content (AvgIpc) is 2.68. The first-order valence-corrected chi connectivity index (χ1v) is 6.38. The van der Waals surface area contributed by atoms with E-state index in [-0.39, 0.29) is 6.04 Å². The van der Waals surface area contributed by atoms with Gasteiger partial charge >= 0.3 is 0 Å². The van der Waals surface area contributed by atoms with E-state index >= 15 is 0 Å². The van der Waals surface area contributed by atoms with Crippen molar-refractivity contribution in [2.45, 2.75) is 32.2 Å². The predicted molar refractivity (Wildman–Crippen MR) is 74.5 cm³/mol. The van der Waals surface area contributed by atoms with Gasteiger partial charge in [-0.2, -0.15) is 5.10 Å². The monoisotopic (exact) mass is 243 g/mol. The molecule has 1 aromatic heterocycles. The molecule has 3 heteroatoms. The van der Waals surface area contributed by atoms with Crippen LogP contribution < -0.4 is 5.73 Å². The number of hydrogen-bond acceptors (Lipinski definition) is 2. The SMILES string of the molecule is Cc1cc(CC(N)C(C)c2ccccc2)n(C)n1. The zero-order chi connectivity index (χ0) is 13.1. The molecule has 2 rings (SSSR count). The van der Waals surface area contributed by atoms with Crippen molar-refractivity contribution in [2.24, 2.45) is 12.8 Å². The van der Waals surface area contributed by atoms with E-state index in [1.54, 1.807) is 0 Å². The molecule has 2 atom stereocenters. The molecule has 1 aromatic carbocycles. The molecule has 0 aliphatic carbocycles. The fraction of sp³-hybridized carbons (Fsp3) is 0.400.